The van der Waals surface area contributed by atoms with Gasteiger partial charge in [-0.1, -0.05) is 41.1 Å². The van der Waals surface area contributed by atoms with Gasteiger partial charge in [0.15, 0.2) is 16.1 Å². The fourth-order valence-electron chi connectivity index (χ4n) is 2.87. The Balaban J connectivity index is 1.67. The number of carbonyl (C=O) groups excluding carboxylic acids is 1. The van der Waals surface area contributed by atoms with E-state index in [0.29, 0.717) is 16.3 Å². The van der Waals surface area contributed by atoms with Crippen LogP contribution in [0.2, 0.25) is 5.15 Å². The lowest BCUT2D eigenvalue weighted by Gasteiger charge is -2.11. The molecule has 0 saturated carbocycles. The van der Waals surface area contributed by atoms with E-state index in [-0.39, 0.29) is 21.5 Å². The lowest BCUT2D eigenvalue weighted by Crippen LogP contribution is -2.14. The Morgan fingerprint density at radius 2 is 1.83 bits per heavy atom. The van der Waals surface area contributed by atoms with Gasteiger partial charge in [-0.2, -0.15) is 0 Å². The molecule has 0 fully saturated rings. The molecule has 0 bridgehead atoms. The van der Waals surface area contributed by atoms with Crippen LogP contribution in [0.4, 0.5) is 10.8 Å². The average Bonchev–Trinajstić information content (AvgIpc) is 3.08. The maximum atomic E-state index is 12.8. The van der Waals surface area contributed by atoms with Crippen molar-refractivity contribution < 1.29 is 13.2 Å². The number of sulfonamides is 1. The number of pyridine rings is 1. The first kappa shape index (κ1) is 20.3. The lowest BCUT2D eigenvalue weighted by molar-refractivity contribution is 0.101. The summed E-state index contributed by atoms with van der Waals surface area (Å²) >= 11 is 7.50. The molecular weight excluding hydrogens is 444 g/mol. The van der Waals surface area contributed by atoms with Gasteiger partial charge in [-0.3, -0.25) is 9.52 Å². The topological polar surface area (TPSA) is 115 Å². The molecule has 4 rings (SSSR count). The summed E-state index contributed by atoms with van der Waals surface area (Å²) < 4.78 is 28.9. The highest BCUT2D eigenvalue weighted by Gasteiger charge is 2.17. The van der Waals surface area contributed by atoms with Crippen molar-refractivity contribution in [2.24, 2.45) is 0 Å². The number of nitrogens with zero attached hydrogens (tertiary/aromatic N) is 2. The summed E-state index contributed by atoms with van der Waals surface area (Å²) in [6.07, 6.45) is 1.56. The molecule has 0 spiro atoms. The van der Waals surface area contributed by atoms with Gasteiger partial charge in [-0.05, 0) is 42.8 Å². The second-order valence-corrected chi connectivity index (χ2v) is 9.59. The van der Waals surface area contributed by atoms with Crippen LogP contribution in [0, 0.1) is 0 Å². The number of carbonyl (C=O) groups is 1. The average molecular weight is 459 g/mol. The summed E-state index contributed by atoms with van der Waals surface area (Å²) in [5.41, 5.74) is 8.62. The second-order valence-electron chi connectivity index (χ2n) is 6.48. The Kier molecular flexibility index (Phi) is 5.19. The summed E-state index contributed by atoms with van der Waals surface area (Å²) in [5, 5.41) is 0.492. The predicted molar refractivity (Wildman–Crippen MR) is 120 cm³/mol. The summed E-state index contributed by atoms with van der Waals surface area (Å²) in [6.45, 7) is 1.41. The third-order valence-electron chi connectivity index (χ3n) is 4.39. The van der Waals surface area contributed by atoms with E-state index in [1.807, 2.05) is 18.2 Å². The molecule has 2 aromatic carbocycles. The molecule has 0 unspecified atom stereocenters. The fourth-order valence-corrected chi connectivity index (χ4v) is 4.91. The van der Waals surface area contributed by atoms with Crippen LogP contribution < -0.4 is 10.5 Å². The number of halogens is 1. The summed E-state index contributed by atoms with van der Waals surface area (Å²) in [6, 6.07) is 12.9. The number of ketones is 1. The first-order valence-electron chi connectivity index (χ1n) is 8.69. The minimum atomic E-state index is -3.92. The summed E-state index contributed by atoms with van der Waals surface area (Å²) in [5.74, 6) is -0.147. The second kappa shape index (κ2) is 7.67. The number of benzene rings is 2. The van der Waals surface area contributed by atoms with Crippen LogP contribution in [-0.4, -0.2) is 24.2 Å². The molecule has 0 aliphatic rings. The van der Waals surface area contributed by atoms with Gasteiger partial charge in [0, 0.05) is 17.3 Å². The highest BCUT2D eigenvalue weighted by Crippen LogP contribution is 2.32. The number of nitrogen functional groups attached to an aromatic ring is 1. The fraction of sp³-hybridized carbons (Fsp3) is 0.0500. The minimum Gasteiger partial charge on any atom is -0.375 e. The van der Waals surface area contributed by atoms with E-state index in [9.17, 15) is 13.2 Å². The van der Waals surface area contributed by atoms with Crippen molar-refractivity contribution in [3.63, 3.8) is 0 Å². The molecule has 0 amide bonds. The van der Waals surface area contributed by atoms with Crippen molar-refractivity contribution in [2.45, 2.75) is 11.8 Å². The number of rotatable bonds is 5. The van der Waals surface area contributed by atoms with E-state index in [0.717, 1.165) is 15.8 Å². The lowest BCUT2D eigenvalue weighted by atomic mass is 10.1. The van der Waals surface area contributed by atoms with Crippen LogP contribution in [-0.2, 0) is 10.0 Å². The Hall–Kier alpha value is -3.01. The zero-order chi connectivity index (χ0) is 21.5. The Bertz CT molecular complexity index is 1380. The third-order valence-corrected chi connectivity index (χ3v) is 6.92. The summed E-state index contributed by atoms with van der Waals surface area (Å²) in [4.78, 5) is 19.7. The molecule has 0 aliphatic carbocycles. The Morgan fingerprint density at radius 1 is 1.10 bits per heavy atom. The highest BCUT2D eigenvalue weighted by atomic mass is 35.5. The SMILES string of the molecule is CC(=O)c1ccc(S(=O)(=O)Nc2cc(-c3ccc4nc(N)sc4c3)cnc2Cl)cc1. The summed E-state index contributed by atoms with van der Waals surface area (Å²) in [7, 11) is -3.92. The molecule has 3 N–H and O–H groups in total. The van der Waals surface area contributed by atoms with Gasteiger partial charge in [0.25, 0.3) is 10.0 Å². The molecule has 7 nitrogen and oxygen atoms in total. The van der Waals surface area contributed by atoms with Gasteiger partial charge in [0.05, 0.1) is 20.8 Å². The largest absolute Gasteiger partial charge is 0.375 e. The maximum Gasteiger partial charge on any atom is 0.261 e. The van der Waals surface area contributed by atoms with Crippen molar-refractivity contribution in [1.82, 2.24) is 9.97 Å². The third kappa shape index (κ3) is 4.00. The van der Waals surface area contributed by atoms with Crippen LogP contribution >= 0.6 is 22.9 Å². The number of nitrogens with one attached hydrogen (secondary N) is 1. The van der Waals surface area contributed by atoms with Gasteiger partial charge in [0.1, 0.15) is 0 Å². The molecular formula is C20H15ClN4O3S2. The number of hydrogen-bond donors (Lipinski definition) is 2. The van der Waals surface area contributed by atoms with Crippen LogP contribution in [0.3, 0.4) is 0 Å². The van der Waals surface area contributed by atoms with Crippen LogP contribution in [0.15, 0.2) is 59.6 Å². The van der Waals surface area contributed by atoms with Crippen molar-refractivity contribution in [1.29, 1.82) is 0 Å². The number of Topliss-reactive ketones (excluding diaryl/α,β-unsaturated/α-hetero) is 1. The van der Waals surface area contributed by atoms with E-state index in [1.165, 1.54) is 42.5 Å². The molecule has 10 heteroatoms. The molecule has 0 atom stereocenters. The van der Waals surface area contributed by atoms with Gasteiger partial charge in [-0.25, -0.2) is 18.4 Å². The minimum absolute atomic E-state index is 0.00974. The Morgan fingerprint density at radius 3 is 2.53 bits per heavy atom. The number of aromatic nitrogens is 2. The molecule has 152 valence electrons. The molecule has 30 heavy (non-hydrogen) atoms. The normalized spacial score (nSPS) is 11.5. The number of anilines is 2. The highest BCUT2D eigenvalue weighted by molar-refractivity contribution is 7.92. The number of fused-ring (bicyclic) bond motifs is 1. The van der Waals surface area contributed by atoms with E-state index in [1.54, 1.807) is 12.3 Å². The molecule has 2 heterocycles. The van der Waals surface area contributed by atoms with Crippen molar-refractivity contribution in [2.75, 3.05) is 10.5 Å². The monoisotopic (exact) mass is 458 g/mol. The molecule has 0 radical (unpaired) electrons. The van der Waals surface area contributed by atoms with Crippen molar-refractivity contribution in [3.05, 3.63) is 65.4 Å². The van der Waals surface area contributed by atoms with Crippen molar-refractivity contribution in [3.8, 4) is 11.1 Å². The number of thiazole rings is 1. The van der Waals surface area contributed by atoms with E-state index in [4.69, 9.17) is 17.3 Å². The van der Waals surface area contributed by atoms with E-state index in [2.05, 4.69) is 14.7 Å². The smallest absolute Gasteiger partial charge is 0.261 e. The predicted octanol–water partition coefficient (Wildman–Crippen LogP) is 4.60. The van der Waals surface area contributed by atoms with Gasteiger partial charge < -0.3 is 5.73 Å². The first-order valence-corrected chi connectivity index (χ1v) is 11.4. The van der Waals surface area contributed by atoms with Gasteiger partial charge in [-0.15, -0.1) is 0 Å². The first-order chi connectivity index (χ1) is 14.2. The van der Waals surface area contributed by atoms with E-state index < -0.39 is 10.0 Å². The molecule has 0 aliphatic heterocycles. The van der Waals surface area contributed by atoms with Gasteiger partial charge in [0.2, 0.25) is 0 Å². The quantitative estimate of drug-likeness (QED) is 0.333. The zero-order valence-corrected chi connectivity index (χ0v) is 18.0. The molecule has 0 saturated heterocycles. The van der Waals surface area contributed by atoms with Crippen LogP contribution in [0.1, 0.15) is 17.3 Å². The van der Waals surface area contributed by atoms with E-state index >= 15 is 0 Å². The standard InChI is InChI=1S/C20H15ClN4O3S2/c1-11(26)12-2-5-15(6-3-12)30(27,28)25-17-8-14(10-23-19(17)21)13-4-7-16-18(9-13)29-20(22)24-16/h2-10,25H,1H3,(H2,22,24). The van der Waals surface area contributed by atoms with Crippen LogP contribution in [0.25, 0.3) is 21.3 Å². The molecule has 4 aromatic rings. The maximum absolute atomic E-state index is 12.8. The van der Waals surface area contributed by atoms with Crippen LogP contribution in [0.5, 0.6) is 0 Å². The zero-order valence-electron chi connectivity index (χ0n) is 15.6. The Labute approximate surface area is 181 Å². The van der Waals surface area contributed by atoms with Gasteiger partial charge >= 0.3 is 0 Å². The molecule has 2 aromatic heterocycles. The number of hydrogen-bond acceptors (Lipinski definition) is 7. The van der Waals surface area contributed by atoms with Crippen molar-refractivity contribution >= 4 is 59.8 Å². The number of nitrogens with two attached hydrogens (primary N) is 1.